The minimum absolute atomic E-state index is 0.131. The fraction of sp³-hybridized carbons (Fsp3) is 0.364. The van der Waals surface area contributed by atoms with Crippen LogP contribution in [-0.2, 0) is 14.8 Å². The first-order valence-electron chi connectivity index (χ1n) is 5.35. The molecule has 18 heavy (non-hydrogen) atoms. The molecule has 0 saturated heterocycles. The van der Waals surface area contributed by atoms with Crippen molar-refractivity contribution >= 4 is 21.6 Å². The monoisotopic (exact) mass is 271 g/mol. The van der Waals surface area contributed by atoms with E-state index in [-0.39, 0.29) is 11.4 Å². The van der Waals surface area contributed by atoms with Crippen molar-refractivity contribution in [3.63, 3.8) is 0 Å². The van der Waals surface area contributed by atoms with Crippen LogP contribution in [0.3, 0.4) is 0 Å². The highest BCUT2D eigenvalue weighted by atomic mass is 32.2. The van der Waals surface area contributed by atoms with Gasteiger partial charge in [-0.3, -0.25) is 4.79 Å². The van der Waals surface area contributed by atoms with E-state index in [4.69, 9.17) is 5.73 Å². The molecule has 0 fully saturated rings. The Labute approximate surface area is 107 Å². The van der Waals surface area contributed by atoms with Crippen LogP contribution in [0.25, 0.3) is 0 Å². The molecule has 0 aliphatic rings. The lowest BCUT2D eigenvalue weighted by molar-refractivity contribution is -0.119. The lowest BCUT2D eigenvalue weighted by Crippen LogP contribution is -2.35. The first kappa shape index (κ1) is 14.5. The number of nitrogens with one attached hydrogen (secondary N) is 2. The van der Waals surface area contributed by atoms with E-state index in [0.29, 0.717) is 16.8 Å². The van der Waals surface area contributed by atoms with Gasteiger partial charge in [0.1, 0.15) is 0 Å². The molecule has 0 radical (unpaired) electrons. The third-order valence-corrected chi connectivity index (χ3v) is 4.30. The smallest absolute Gasteiger partial charge is 0.241 e. The van der Waals surface area contributed by atoms with Crippen molar-refractivity contribution in [3.8, 4) is 0 Å². The van der Waals surface area contributed by atoms with Crippen LogP contribution in [0.4, 0.5) is 5.69 Å². The van der Waals surface area contributed by atoms with E-state index in [2.05, 4.69) is 10.0 Å². The molecule has 1 rings (SSSR count). The molecule has 0 bridgehead atoms. The second-order valence-corrected chi connectivity index (χ2v) is 5.63. The molecule has 0 aliphatic heterocycles. The quantitative estimate of drug-likeness (QED) is 0.666. The number of aryl methyl sites for hydroxylation is 1. The average molecular weight is 271 g/mol. The van der Waals surface area contributed by atoms with Crippen LogP contribution in [0, 0.1) is 13.8 Å². The molecular formula is C11H17N3O3S. The summed E-state index contributed by atoms with van der Waals surface area (Å²) in [5.74, 6) is -0.405. The molecule has 0 aromatic heterocycles. The van der Waals surface area contributed by atoms with Crippen molar-refractivity contribution in [2.45, 2.75) is 18.7 Å². The maximum absolute atomic E-state index is 12.1. The standard InChI is InChI=1S/C11H17N3O3S/c1-7-4-5-9(12)8(2)11(7)18(16,17)14-6-10(15)13-3/h4-5,14H,6,12H2,1-3H3,(H,13,15). The molecule has 0 heterocycles. The first-order chi connectivity index (χ1) is 8.29. The van der Waals surface area contributed by atoms with E-state index in [0.717, 1.165) is 0 Å². The van der Waals surface area contributed by atoms with Gasteiger partial charge in [-0.15, -0.1) is 0 Å². The fourth-order valence-corrected chi connectivity index (χ4v) is 3.06. The number of nitrogen functional groups attached to an aromatic ring is 1. The Morgan fingerprint density at radius 3 is 2.50 bits per heavy atom. The van der Waals surface area contributed by atoms with Crippen molar-refractivity contribution < 1.29 is 13.2 Å². The van der Waals surface area contributed by atoms with Gasteiger partial charge < -0.3 is 11.1 Å². The molecule has 0 saturated carbocycles. The van der Waals surface area contributed by atoms with Crippen LogP contribution >= 0.6 is 0 Å². The van der Waals surface area contributed by atoms with Gasteiger partial charge >= 0.3 is 0 Å². The largest absolute Gasteiger partial charge is 0.398 e. The highest BCUT2D eigenvalue weighted by Gasteiger charge is 2.21. The van der Waals surface area contributed by atoms with E-state index < -0.39 is 15.9 Å². The summed E-state index contributed by atoms with van der Waals surface area (Å²) in [4.78, 5) is 11.2. The maximum Gasteiger partial charge on any atom is 0.241 e. The lowest BCUT2D eigenvalue weighted by atomic mass is 10.1. The minimum Gasteiger partial charge on any atom is -0.398 e. The zero-order valence-electron chi connectivity index (χ0n) is 10.6. The van der Waals surface area contributed by atoms with Gasteiger partial charge in [0, 0.05) is 12.7 Å². The first-order valence-corrected chi connectivity index (χ1v) is 6.84. The molecule has 4 N–H and O–H groups in total. The van der Waals surface area contributed by atoms with E-state index in [1.165, 1.54) is 7.05 Å². The molecule has 7 heteroatoms. The molecule has 1 aromatic carbocycles. The normalized spacial score (nSPS) is 11.3. The highest BCUT2D eigenvalue weighted by Crippen LogP contribution is 2.24. The topological polar surface area (TPSA) is 101 Å². The molecule has 0 atom stereocenters. The van der Waals surface area contributed by atoms with E-state index >= 15 is 0 Å². The van der Waals surface area contributed by atoms with Crippen molar-refractivity contribution in [2.75, 3.05) is 19.3 Å². The number of carbonyl (C=O) groups is 1. The Hall–Kier alpha value is -1.60. The number of likely N-dealkylation sites (N-methyl/N-ethyl adjacent to an activating group) is 1. The summed E-state index contributed by atoms with van der Waals surface area (Å²) in [5, 5.41) is 2.34. The van der Waals surface area contributed by atoms with Gasteiger partial charge in [0.15, 0.2) is 0 Å². The number of benzene rings is 1. The summed E-state index contributed by atoms with van der Waals surface area (Å²) in [5.41, 5.74) is 7.18. The summed E-state index contributed by atoms with van der Waals surface area (Å²) in [6.45, 7) is 3.02. The number of amides is 1. The van der Waals surface area contributed by atoms with Gasteiger partial charge in [0.25, 0.3) is 0 Å². The summed E-state index contributed by atoms with van der Waals surface area (Å²) in [6.07, 6.45) is 0. The summed E-state index contributed by atoms with van der Waals surface area (Å²) in [6, 6.07) is 3.29. The van der Waals surface area contributed by atoms with Gasteiger partial charge in [-0.1, -0.05) is 6.07 Å². The molecule has 6 nitrogen and oxygen atoms in total. The average Bonchev–Trinajstić information content (AvgIpc) is 2.31. The van der Waals surface area contributed by atoms with Gasteiger partial charge in [-0.05, 0) is 31.0 Å². The van der Waals surface area contributed by atoms with Crippen LogP contribution in [0.5, 0.6) is 0 Å². The number of hydrogen-bond acceptors (Lipinski definition) is 4. The molecule has 100 valence electrons. The van der Waals surface area contributed by atoms with Gasteiger partial charge in [-0.2, -0.15) is 0 Å². The number of carbonyl (C=O) groups excluding carboxylic acids is 1. The van der Waals surface area contributed by atoms with Gasteiger partial charge in [-0.25, -0.2) is 13.1 Å². The Kier molecular flexibility index (Phi) is 4.31. The van der Waals surface area contributed by atoms with Crippen LogP contribution in [0.15, 0.2) is 17.0 Å². The molecule has 1 amide bonds. The highest BCUT2D eigenvalue weighted by molar-refractivity contribution is 7.89. The Morgan fingerprint density at radius 1 is 1.33 bits per heavy atom. The predicted octanol–water partition coefficient (Wildman–Crippen LogP) is -0.0901. The van der Waals surface area contributed by atoms with Crippen molar-refractivity contribution in [1.82, 2.24) is 10.0 Å². The Bertz CT molecular complexity index is 567. The molecule has 0 spiro atoms. The minimum atomic E-state index is -3.74. The maximum atomic E-state index is 12.1. The lowest BCUT2D eigenvalue weighted by Gasteiger charge is -2.13. The SMILES string of the molecule is CNC(=O)CNS(=O)(=O)c1c(C)ccc(N)c1C. The molecule has 0 unspecified atom stereocenters. The number of nitrogens with two attached hydrogens (primary N) is 1. The van der Waals surface area contributed by atoms with Crippen molar-refractivity contribution in [2.24, 2.45) is 0 Å². The zero-order chi connectivity index (χ0) is 13.9. The molecular weight excluding hydrogens is 254 g/mol. The number of anilines is 1. The molecule has 0 aliphatic carbocycles. The number of sulfonamides is 1. The summed E-state index contributed by atoms with van der Waals surface area (Å²) in [7, 11) is -2.30. The second kappa shape index (κ2) is 5.36. The summed E-state index contributed by atoms with van der Waals surface area (Å²) >= 11 is 0. The number of hydrogen-bond donors (Lipinski definition) is 3. The predicted molar refractivity (Wildman–Crippen MR) is 69.6 cm³/mol. The number of rotatable bonds is 4. The third kappa shape index (κ3) is 2.99. The van der Waals surface area contributed by atoms with E-state index in [9.17, 15) is 13.2 Å². The summed E-state index contributed by atoms with van der Waals surface area (Å²) < 4.78 is 26.4. The zero-order valence-corrected chi connectivity index (χ0v) is 11.4. The van der Waals surface area contributed by atoms with Gasteiger partial charge in [0.05, 0.1) is 11.4 Å². The van der Waals surface area contributed by atoms with Crippen LogP contribution in [-0.4, -0.2) is 27.9 Å². The fourth-order valence-electron chi connectivity index (χ4n) is 1.58. The third-order valence-electron chi connectivity index (χ3n) is 2.61. The van der Waals surface area contributed by atoms with Gasteiger partial charge in [0.2, 0.25) is 15.9 Å². The van der Waals surface area contributed by atoms with Crippen LogP contribution < -0.4 is 15.8 Å². The second-order valence-electron chi connectivity index (χ2n) is 3.92. The van der Waals surface area contributed by atoms with Crippen LogP contribution in [0.2, 0.25) is 0 Å². The van der Waals surface area contributed by atoms with Crippen LogP contribution in [0.1, 0.15) is 11.1 Å². The van der Waals surface area contributed by atoms with E-state index in [1.807, 2.05) is 0 Å². The van der Waals surface area contributed by atoms with Crippen molar-refractivity contribution in [3.05, 3.63) is 23.3 Å². The molecule has 1 aromatic rings. The Morgan fingerprint density at radius 2 is 1.94 bits per heavy atom. The van der Waals surface area contributed by atoms with Crippen molar-refractivity contribution in [1.29, 1.82) is 0 Å². The Balaban J connectivity index is 3.13. The van der Waals surface area contributed by atoms with E-state index in [1.54, 1.807) is 26.0 Å².